The summed E-state index contributed by atoms with van der Waals surface area (Å²) in [5, 5.41) is 11.1. The molecule has 114 valence electrons. The molecule has 0 heterocycles. The molecule has 1 aromatic rings. The van der Waals surface area contributed by atoms with E-state index in [1.54, 1.807) is 18.2 Å². The van der Waals surface area contributed by atoms with Crippen molar-refractivity contribution in [3.05, 3.63) is 48.0 Å². The number of hydrogen-bond donors (Lipinski definition) is 3. The number of fused-ring (bicyclic) bond motifs is 1. The topological polar surface area (TPSA) is 102 Å². The Morgan fingerprint density at radius 3 is 2.09 bits per heavy atom. The van der Waals surface area contributed by atoms with E-state index >= 15 is 0 Å². The van der Waals surface area contributed by atoms with Gasteiger partial charge in [0.15, 0.2) is 0 Å². The van der Waals surface area contributed by atoms with Crippen LogP contribution in [0.1, 0.15) is 5.56 Å². The summed E-state index contributed by atoms with van der Waals surface area (Å²) in [6, 6.07) is 12.5. The molecule has 6 nitrogen and oxygen atoms in total. The van der Waals surface area contributed by atoms with Crippen LogP contribution in [0.2, 0.25) is 0 Å². The molecule has 0 atom stereocenters. The van der Waals surface area contributed by atoms with Gasteiger partial charge in [0, 0.05) is 0 Å². The molecular formula is C16H16N2O4. The van der Waals surface area contributed by atoms with Crippen molar-refractivity contribution in [2.45, 2.75) is 6.42 Å². The van der Waals surface area contributed by atoms with Crippen molar-refractivity contribution in [1.29, 1.82) is 0 Å². The number of amides is 2. The number of urea groups is 1. The molecule has 0 saturated heterocycles. The van der Waals surface area contributed by atoms with Gasteiger partial charge in [-0.15, -0.1) is 0 Å². The number of carboxylic acid groups (broad SMARTS) is 1. The van der Waals surface area contributed by atoms with Crippen molar-refractivity contribution in [3.63, 3.8) is 0 Å². The number of aliphatic carboxylic acids is 1. The second-order valence-corrected chi connectivity index (χ2v) is 4.63. The number of carbonyl (C=O) groups excluding carboxylic acids is 1. The standard InChI is InChI=1S/C10H12N2O4.C6H4/c1-16-7-4-2-3-6(5-8(13)14)9(7)12-10(11)15;1-2-6-4-3-5(1)6/h2-4H,5H2,1H3,(H,13,14)(H3,11,12,15);1-4H. The third-order valence-electron chi connectivity index (χ3n) is 3.14. The first kappa shape index (κ1) is 15.4. The van der Waals surface area contributed by atoms with Crippen LogP contribution >= 0.6 is 0 Å². The van der Waals surface area contributed by atoms with Crippen LogP contribution in [0.3, 0.4) is 0 Å². The molecule has 0 bridgehead atoms. The van der Waals surface area contributed by atoms with Crippen molar-refractivity contribution in [2.24, 2.45) is 5.73 Å². The highest BCUT2D eigenvalue weighted by Crippen LogP contribution is 2.29. The second-order valence-electron chi connectivity index (χ2n) is 4.63. The summed E-state index contributed by atoms with van der Waals surface area (Å²) in [6.07, 6.45) is -0.215. The van der Waals surface area contributed by atoms with Gasteiger partial charge in [-0.1, -0.05) is 36.4 Å². The summed E-state index contributed by atoms with van der Waals surface area (Å²) in [7, 11) is 1.42. The Bertz CT molecular complexity index is 675. The third-order valence-corrected chi connectivity index (χ3v) is 3.14. The number of rotatable bonds is 4. The fourth-order valence-electron chi connectivity index (χ4n) is 1.98. The molecule has 3 rings (SSSR count). The number of primary amides is 1. The number of benzene rings is 2. The first-order valence-electron chi connectivity index (χ1n) is 6.56. The van der Waals surface area contributed by atoms with Gasteiger partial charge in [0.2, 0.25) is 0 Å². The largest absolute Gasteiger partial charge is 0.495 e. The average molecular weight is 300 g/mol. The molecule has 2 aliphatic rings. The minimum Gasteiger partial charge on any atom is -0.495 e. The van der Waals surface area contributed by atoms with Gasteiger partial charge in [-0.3, -0.25) is 4.79 Å². The lowest BCUT2D eigenvalue weighted by molar-refractivity contribution is -0.136. The highest BCUT2D eigenvalue weighted by atomic mass is 16.5. The van der Waals surface area contributed by atoms with E-state index in [1.165, 1.54) is 18.2 Å². The molecule has 6 heteroatoms. The highest BCUT2D eigenvalue weighted by Gasteiger charge is 2.12. The molecule has 0 aliphatic heterocycles. The van der Waals surface area contributed by atoms with Gasteiger partial charge in [-0.25, -0.2) is 4.79 Å². The van der Waals surface area contributed by atoms with Crippen molar-refractivity contribution in [2.75, 3.05) is 12.4 Å². The summed E-state index contributed by atoms with van der Waals surface area (Å²) in [5.41, 5.74) is 8.57. The molecule has 22 heavy (non-hydrogen) atoms. The van der Waals surface area contributed by atoms with E-state index < -0.39 is 12.0 Å². The van der Waals surface area contributed by atoms with Crippen LogP contribution in [-0.4, -0.2) is 24.2 Å². The van der Waals surface area contributed by atoms with Crippen LogP contribution in [0.5, 0.6) is 5.75 Å². The third kappa shape index (κ3) is 3.54. The predicted molar refractivity (Wildman–Crippen MR) is 83.0 cm³/mol. The summed E-state index contributed by atoms with van der Waals surface area (Å²) < 4.78 is 5.01. The van der Waals surface area contributed by atoms with Gasteiger partial charge in [0.1, 0.15) is 5.75 Å². The van der Waals surface area contributed by atoms with Gasteiger partial charge < -0.3 is 20.9 Å². The zero-order chi connectivity index (χ0) is 16.1. The van der Waals surface area contributed by atoms with Crippen LogP contribution in [-0.2, 0) is 11.2 Å². The minimum atomic E-state index is -0.999. The average Bonchev–Trinajstić information content (AvgIpc) is 2.44. The fraction of sp³-hybridized carbons (Fsp3) is 0.125. The summed E-state index contributed by atoms with van der Waals surface area (Å²) in [4.78, 5) is 21.4. The SMILES string of the molecule is COc1cccc(CC(=O)O)c1NC(N)=O.c1cc2ccc1-2. The molecule has 0 fully saturated rings. The summed E-state index contributed by atoms with van der Waals surface area (Å²) >= 11 is 0. The monoisotopic (exact) mass is 300 g/mol. The lowest BCUT2D eigenvalue weighted by atomic mass is 9.95. The van der Waals surface area contributed by atoms with E-state index in [4.69, 9.17) is 15.6 Å². The molecule has 0 radical (unpaired) electrons. The number of nitrogens with two attached hydrogens (primary N) is 1. The maximum absolute atomic E-state index is 10.8. The Labute approximate surface area is 127 Å². The first-order chi connectivity index (χ1) is 10.5. The smallest absolute Gasteiger partial charge is 0.316 e. The Kier molecular flexibility index (Phi) is 4.63. The maximum Gasteiger partial charge on any atom is 0.316 e. The normalized spacial score (nSPS) is 10.0. The Hall–Kier alpha value is -3.02. The van der Waals surface area contributed by atoms with E-state index in [1.807, 2.05) is 0 Å². The number of methoxy groups -OCH3 is 1. The number of carbonyl (C=O) groups is 2. The van der Waals surface area contributed by atoms with E-state index in [2.05, 4.69) is 29.6 Å². The number of para-hydroxylation sites is 1. The van der Waals surface area contributed by atoms with Crippen LogP contribution in [0.4, 0.5) is 10.5 Å². The quantitative estimate of drug-likeness (QED) is 0.688. The molecule has 2 amide bonds. The van der Waals surface area contributed by atoms with Gasteiger partial charge in [0.25, 0.3) is 0 Å². The number of ether oxygens (including phenoxy) is 1. The van der Waals surface area contributed by atoms with Gasteiger partial charge in [-0.05, 0) is 22.8 Å². The molecule has 4 N–H and O–H groups in total. The van der Waals surface area contributed by atoms with Crippen molar-refractivity contribution >= 4 is 17.7 Å². The zero-order valence-electron chi connectivity index (χ0n) is 12.0. The molecule has 2 aliphatic carbocycles. The van der Waals surface area contributed by atoms with E-state index in [-0.39, 0.29) is 6.42 Å². The summed E-state index contributed by atoms with van der Waals surface area (Å²) in [6.45, 7) is 0. The molecule has 0 spiro atoms. The highest BCUT2D eigenvalue weighted by molar-refractivity contribution is 5.91. The van der Waals surface area contributed by atoms with Crippen LogP contribution in [0.15, 0.2) is 42.5 Å². The molecule has 0 unspecified atom stereocenters. The number of carboxylic acids is 1. The van der Waals surface area contributed by atoms with E-state index in [9.17, 15) is 9.59 Å². The second kappa shape index (κ2) is 6.62. The Morgan fingerprint density at radius 2 is 1.73 bits per heavy atom. The zero-order valence-corrected chi connectivity index (χ0v) is 12.0. The van der Waals surface area contributed by atoms with Crippen LogP contribution in [0.25, 0.3) is 11.1 Å². The van der Waals surface area contributed by atoms with Gasteiger partial charge >= 0.3 is 12.0 Å². The Balaban J connectivity index is 0.000000238. The van der Waals surface area contributed by atoms with Crippen molar-refractivity contribution in [1.82, 2.24) is 0 Å². The number of anilines is 1. The van der Waals surface area contributed by atoms with Gasteiger partial charge in [-0.2, -0.15) is 0 Å². The first-order valence-corrected chi connectivity index (χ1v) is 6.56. The fourth-order valence-corrected chi connectivity index (χ4v) is 1.98. The lowest BCUT2D eigenvalue weighted by Gasteiger charge is -2.12. The van der Waals surface area contributed by atoms with Crippen molar-refractivity contribution in [3.8, 4) is 16.9 Å². The maximum atomic E-state index is 10.8. The van der Waals surface area contributed by atoms with E-state index in [0.717, 1.165) is 0 Å². The molecule has 0 aromatic heterocycles. The lowest BCUT2D eigenvalue weighted by Crippen LogP contribution is -2.21. The number of nitrogens with one attached hydrogen (secondary N) is 1. The Morgan fingerprint density at radius 1 is 1.14 bits per heavy atom. The van der Waals surface area contributed by atoms with E-state index in [0.29, 0.717) is 17.0 Å². The summed E-state index contributed by atoms with van der Waals surface area (Å²) in [5.74, 6) is -0.627. The van der Waals surface area contributed by atoms with Gasteiger partial charge in [0.05, 0.1) is 19.2 Å². The van der Waals surface area contributed by atoms with Crippen LogP contribution in [0, 0.1) is 0 Å². The van der Waals surface area contributed by atoms with Crippen molar-refractivity contribution < 1.29 is 19.4 Å². The van der Waals surface area contributed by atoms with Crippen LogP contribution < -0.4 is 15.8 Å². The molecule has 0 saturated carbocycles. The number of hydrogen-bond acceptors (Lipinski definition) is 3. The molecule has 1 aromatic carbocycles. The molecular weight excluding hydrogens is 284 g/mol. The predicted octanol–water partition coefficient (Wildman–Crippen LogP) is 2.48. The minimum absolute atomic E-state index is 0.215.